The van der Waals surface area contributed by atoms with Gasteiger partial charge < -0.3 is 14.8 Å². The van der Waals surface area contributed by atoms with E-state index in [1.165, 1.54) is 0 Å². The van der Waals surface area contributed by atoms with E-state index in [0.29, 0.717) is 6.54 Å². The fraction of sp³-hybridized carbons (Fsp3) is 0.278. The number of likely N-dealkylation sites (N-methyl/N-ethyl adjacent to an activating group) is 1. The second-order valence-corrected chi connectivity index (χ2v) is 6.69. The topological polar surface area (TPSA) is 50.8 Å². The third-order valence-electron chi connectivity index (χ3n) is 4.02. The van der Waals surface area contributed by atoms with Gasteiger partial charge in [-0.25, -0.2) is 0 Å². The molecule has 0 bridgehead atoms. The van der Waals surface area contributed by atoms with Crippen molar-refractivity contribution in [3.8, 4) is 11.5 Å². The summed E-state index contributed by atoms with van der Waals surface area (Å²) in [5.41, 5.74) is 1.86. The SMILES string of the molecule is C[C@H](C(=O)Nc1ccc(Br)cc1)N(C)Cc1ccc2c(c1)OCO2. The van der Waals surface area contributed by atoms with Gasteiger partial charge in [-0.3, -0.25) is 9.69 Å². The summed E-state index contributed by atoms with van der Waals surface area (Å²) in [5.74, 6) is 1.48. The zero-order valence-electron chi connectivity index (χ0n) is 13.6. The average Bonchev–Trinajstić information content (AvgIpc) is 3.03. The van der Waals surface area contributed by atoms with Crippen molar-refractivity contribution < 1.29 is 14.3 Å². The lowest BCUT2D eigenvalue weighted by Crippen LogP contribution is -2.39. The van der Waals surface area contributed by atoms with E-state index in [4.69, 9.17) is 9.47 Å². The van der Waals surface area contributed by atoms with Crippen molar-refractivity contribution in [2.45, 2.75) is 19.5 Å². The number of carbonyl (C=O) groups excluding carboxylic acids is 1. The molecule has 5 nitrogen and oxygen atoms in total. The molecule has 0 spiro atoms. The van der Waals surface area contributed by atoms with E-state index in [-0.39, 0.29) is 18.7 Å². The molecule has 1 aliphatic heterocycles. The first kappa shape index (κ1) is 16.8. The molecule has 1 aliphatic rings. The Labute approximate surface area is 149 Å². The van der Waals surface area contributed by atoms with Gasteiger partial charge in [-0.1, -0.05) is 22.0 Å². The van der Waals surface area contributed by atoms with Gasteiger partial charge in [0.15, 0.2) is 11.5 Å². The van der Waals surface area contributed by atoms with Gasteiger partial charge in [-0.05, 0) is 55.9 Å². The highest BCUT2D eigenvalue weighted by atomic mass is 79.9. The number of ether oxygens (including phenoxy) is 2. The molecule has 2 aromatic rings. The van der Waals surface area contributed by atoms with Gasteiger partial charge in [-0.15, -0.1) is 0 Å². The predicted octanol–water partition coefficient (Wildman–Crippen LogP) is 3.64. The van der Waals surface area contributed by atoms with Crippen LogP contribution in [0.2, 0.25) is 0 Å². The van der Waals surface area contributed by atoms with Crippen molar-refractivity contribution in [3.63, 3.8) is 0 Å². The lowest BCUT2D eigenvalue weighted by Gasteiger charge is -2.24. The van der Waals surface area contributed by atoms with Gasteiger partial charge in [0.05, 0.1) is 6.04 Å². The number of hydrogen-bond acceptors (Lipinski definition) is 4. The highest BCUT2D eigenvalue weighted by Gasteiger charge is 2.20. The number of halogens is 1. The standard InChI is InChI=1S/C18H19BrN2O3/c1-12(18(22)20-15-6-4-14(19)5-7-15)21(2)10-13-3-8-16-17(9-13)24-11-23-16/h3-9,12H,10-11H2,1-2H3,(H,20,22)/t12-/m1/s1. The van der Waals surface area contributed by atoms with Crippen molar-refractivity contribution in [1.29, 1.82) is 0 Å². The fourth-order valence-electron chi connectivity index (χ4n) is 2.44. The van der Waals surface area contributed by atoms with Crippen molar-refractivity contribution >= 4 is 27.5 Å². The second-order valence-electron chi connectivity index (χ2n) is 5.77. The number of fused-ring (bicyclic) bond motifs is 1. The third-order valence-corrected chi connectivity index (χ3v) is 4.55. The van der Waals surface area contributed by atoms with Gasteiger partial charge in [0.1, 0.15) is 0 Å². The molecule has 1 atom stereocenters. The highest BCUT2D eigenvalue weighted by Crippen LogP contribution is 2.32. The molecule has 0 aromatic heterocycles. The fourth-order valence-corrected chi connectivity index (χ4v) is 2.71. The quantitative estimate of drug-likeness (QED) is 0.846. The first-order valence-corrected chi connectivity index (χ1v) is 8.47. The smallest absolute Gasteiger partial charge is 0.241 e. The van der Waals surface area contributed by atoms with Crippen LogP contribution in [-0.2, 0) is 11.3 Å². The molecule has 6 heteroatoms. The summed E-state index contributed by atoms with van der Waals surface area (Å²) in [4.78, 5) is 14.4. The average molecular weight is 391 g/mol. The molecule has 1 N–H and O–H groups in total. The Kier molecular flexibility index (Phi) is 5.06. The maximum Gasteiger partial charge on any atom is 0.241 e. The normalized spacial score (nSPS) is 13.8. The molecule has 0 saturated carbocycles. The number of anilines is 1. The molecule has 1 heterocycles. The van der Waals surface area contributed by atoms with Crippen LogP contribution in [-0.4, -0.2) is 30.7 Å². The van der Waals surface area contributed by atoms with Gasteiger partial charge >= 0.3 is 0 Å². The molecule has 0 aliphatic carbocycles. The molecule has 3 rings (SSSR count). The van der Waals surface area contributed by atoms with Crippen molar-refractivity contribution in [3.05, 3.63) is 52.5 Å². The molecular weight excluding hydrogens is 372 g/mol. The first-order chi connectivity index (χ1) is 11.5. The van der Waals surface area contributed by atoms with Gasteiger partial charge in [0, 0.05) is 16.7 Å². The van der Waals surface area contributed by atoms with Crippen LogP contribution in [0.15, 0.2) is 46.9 Å². The molecule has 0 fully saturated rings. The van der Waals surface area contributed by atoms with Crippen LogP contribution in [0.1, 0.15) is 12.5 Å². The maximum absolute atomic E-state index is 12.4. The van der Waals surface area contributed by atoms with E-state index in [1.54, 1.807) is 0 Å². The predicted molar refractivity (Wildman–Crippen MR) is 96.3 cm³/mol. The molecule has 2 aromatic carbocycles. The number of amides is 1. The third kappa shape index (κ3) is 3.88. The monoisotopic (exact) mass is 390 g/mol. The number of carbonyl (C=O) groups is 1. The van der Waals surface area contributed by atoms with E-state index in [0.717, 1.165) is 27.2 Å². The summed E-state index contributed by atoms with van der Waals surface area (Å²) < 4.78 is 11.7. The molecule has 0 saturated heterocycles. The molecule has 1 amide bonds. The molecule has 126 valence electrons. The lowest BCUT2D eigenvalue weighted by molar-refractivity contribution is -0.120. The Balaban J connectivity index is 1.60. The number of benzene rings is 2. The second kappa shape index (κ2) is 7.23. The molecule has 0 radical (unpaired) electrons. The van der Waals surface area contributed by atoms with E-state index in [2.05, 4.69) is 21.2 Å². The van der Waals surface area contributed by atoms with E-state index in [1.807, 2.05) is 61.3 Å². The summed E-state index contributed by atoms with van der Waals surface area (Å²) >= 11 is 3.38. The van der Waals surface area contributed by atoms with Crippen LogP contribution in [0, 0.1) is 0 Å². The van der Waals surface area contributed by atoms with E-state index >= 15 is 0 Å². The van der Waals surface area contributed by atoms with Crippen molar-refractivity contribution in [2.75, 3.05) is 19.2 Å². The summed E-state index contributed by atoms with van der Waals surface area (Å²) in [6, 6.07) is 13.1. The minimum absolute atomic E-state index is 0.0411. The minimum atomic E-state index is -0.265. The van der Waals surface area contributed by atoms with Crippen LogP contribution >= 0.6 is 15.9 Å². The Bertz CT molecular complexity index is 734. The van der Waals surface area contributed by atoms with Crippen LogP contribution < -0.4 is 14.8 Å². The van der Waals surface area contributed by atoms with Crippen LogP contribution in [0.4, 0.5) is 5.69 Å². The Morgan fingerprint density at radius 2 is 1.92 bits per heavy atom. The molecule has 24 heavy (non-hydrogen) atoms. The van der Waals surface area contributed by atoms with Gasteiger partial charge in [0.25, 0.3) is 0 Å². The lowest BCUT2D eigenvalue weighted by atomic mass is 10.1. The molecular formula is C18H19BrN2O3. The molecule has 0 unspecified atom stereocenters. The summed E-state index contributed by atoms with van der Waals surface area (Å²) in [5, 5.41) is 2.93. The van der Waals surface area contributed by atoms with Crippen LogP contribution in [0.25, 0.3) is 0 Å². The van der Waals surface area contributed by atoms with Crippen LogP contribution in [0.5, 0.6) is 11.5 Å². The largest absolute Gasteiger partial charge is 0.454 e. The number of hydrogen-bond donors (Lipinski definition) is 1. The Hall–Kier alpha value is -2.05. The maximum atomic E-state index is 12.4. The van der Waals surface area contributed by atoms with E-state index < -0.39 is 0 Å². The number of nitrogens with one attached hydrogen (secondary N) is 1. The van der Waals surface area contributed by atoms with Gasteiger partial charge in [-0.2, -0.15) is 0 Å². The summed E-state index contributed by atoms with van der Waals surface area (Å²) in [7, 11) is 1.93. The van der Waals surface area contributed by atoms with E-state index in [9.17, 15) is 4.79 Å². The highest BCUT2D eigenvalue weighted by molar-refractivity contribution is 9.10. The Morgan fingerprint density at radius 1 is 1.21 bits per heavy atom. The minimum Gasteiger partial charge on any atom is -0.454 e. The summed E-state index contributed by atoms with van der Waals surface area (Å²) in [6.07, 6.45) is 0. The van der Waals surface area contributed by atoms with Crippen molar-refractivity contribution in [1.82, 2.24) is 4.90 Å². The first-order valence-electron chi connectivity index (χ1n) is 7.68. The summed E-state index contributed by atoms with van der Waals surface area (Å²) in [6.45, 7) is 2.80. The number of rotatable bonds is 5. The zero-order chi connectivity index (χ0) is 17.1. The van der Waals surface area contributed by atoms with Gasteiger partial charge in [0.2, 0.25) is 12.7 Å². The zero-order valence-corrected chi connectivity index (χ0v) is 15.2. The Morgan fingerprint density at radius 3 is 2.67 bits per heavy atom. The van der Waals surface area contributed by atoms with Crippen LogP contribution in [0.3, 0.4) is 0 Å². The number of nitrogens with zero attached hydrogens (tertiary/aromatic N) is 1. The van der Waals surface area contributed by atoms with Crippen molar-refractivity contribution in [2.24, 2.45) is 0 Å².